The van der Waals surface area contributed by atoms with E-state index in [-0.39, 0.29) is 12.3 Å². The van der Waals surface area contributed by atoms with Gasteiger partial charge in [-0.25, -0.2) is 9.13 Å². The number of aliphatic hydroxyl groups excluding tert-OH is 8. The maximum Gasteiger partial charge on any atom is 0.483 e. The number of phosphoric ester groups is 2. The fourth-order valence-electron chi connectivity index (χ4n) is 11.1. The van der Waals surface area contributed by atoms with Crippen molar-refractivity contribution in [3.8, 4) is 0 Å². The Kier molecular flexibility index (Phi) is 45.3. The average Bonchev–Trinajstić information content (AvgIpc) is 0.784. The molecule has 0 bridgehead atoms. The Labute approximate surface area is 581 Å². The molecule has 3 aliphatic rings. The molecule has 3 fully saturated rings. The molecule has 0 radical (unpaired) electrons. The smallest absolute Gasteiger partial charge is 0.394 e. The van der Waals surface area contributed by atoms with Crippen molar-refractivity contribution in [3.05, 3.63) is 128 Å². The van der Waals surface area contributed by atoms with Crippen molar-refractivity contribution < 1.29 is 96.8 Å². The Morgan fingerprint density at radius 1 is 0.361 bits per heavy atom. The van der Waals surface area contributed by atoms with Crippen molar-refractivity contribution in [3.63, 3.8) is 0 Å². The van der Waals surface area contributed by atoms with E-state index < -0.39 is 121 Å². The van der Waals surface area contributed by atoms with Crippen LogP contribution in [-0.4, -0.2) is 156 Å². The molecule has 17 atom stereocenters. The highest BCUT2D eigenvalue weighted by Gasteiger charge is 2.54. The fraction of sp³-hybridized carbons (Fsp3) is 0.699. The first kappa shape index (κ1) is 91.8. The molecule has 3 aliphatic heterocycles. The van der Waals surface area contributed by atoms with Crippen LogP contribution in [0.1, 0.15) is 225 Å². The Balaban J connectivity index is 0.0000235. The van der Waals surface area contributed by atoms with Crippen molar-refractivity contribution >= 4 is 15.6 Å². The van der Waals surface area contributed by atoms with E-state index >= 15 is 0 Å². The molecular weight excluding hydrogens is 1290 g/mol. The van der Waals surface area contributed by atoms with Gasteiger partial charge in [0.25, 0.3) is 0 Å². The first-order chi connectivity index (χ1) is 44.7. The SMILES string of the molecule is CC(C)=CCC/C(C)=C/CC/C(C)=C/CC/C(C)=C/CC/C(C)=C\CC/C(C)=C\CC/C(C)=C\CC/C(C)=C\CC/C(C)=C\CC/C(C)=C\CC/C(C)=C\COP(=O)(O)OP(=O)(O)O[C@H]1O[C@H](CO)[C@H](O)[C@H](O[C@@H]2O[C@@H](C)[C@H](O)[C@@H](O[C@@H]3O[C@@H](C)[C@H](O)[C@@H](O)[C@H]3O)[C@H]2O)[C@H]1O.N.N. The van der Waals surface area contributed by atoms with Crippen molar-refractivity contribution in [2.24, 2.45) is 0 Å². The van der Waals surface area contributed by atoms with Gasteiger partial charge in [-0.1, -0.05) is 128 Å². The number of rotatable bonds is 42. The summed E-state index contributed by atoms with van der Waals surface area (Å²) in [5.74, 6) is 0. The lowest BCUT2D eigenvalue weighted by Gasteiger charge is -2.47. The molecule has 16 N–H and O–H groups in total. The summed E-state index contributed by atoms with van der Waals surface area (Å²) in [4.78, 5) is 20.9. The van der Waals surface area contributed by atoms with Crippen molar-refractivity contribution in [1.29, 1.82) is 0 Å². The van der Waals surface area contributed by atoms with Gasteiger partial charge in [0.2, 0.25) is 0 Å². The minimum Gasteiger partial charge on any atom is -0.394 e. The number of aliphatic hydroxyl groups is 8. The summed E-state index contributed by atoms with van der Waals surface area (Å²) in [5, 5.41) is 84.9. The van der Waals surface area contributed by atoms with Gasteiger partial charge < -0.3 is 86.6 Å². The summed E-state index contributed by atoms with van der Waals surface area (Å²) >= 11 is 0. The number of phosphoric acid groups is 2. The van der Waals surface area contributed by atoms with Crippen LogP contribution in [0.25, 0.3) is 0 Å². The summed E-state index contributed by atoms with van der Waals surface area (Å²) in [6.07, 6.45) is 19.8. The van der Waals surface area contributed by atoms with Gasteiger partial charge in [0, 0.05) is 0 Å². The van der Waals surface area contributed by atoms with Gasteiger partial charge in [0.1, 0.15) is 61.0 Å². The quantitative estimate of drug-likeness (QED) is 0.0199. The zero-order valence-electron chi connectivity index (χ0n) is 60.9. The molecule has 0 spiro atoms. The van der Waals surface area contributed by atoms with E-state index in [9.17, 15) is 59.8 Å². The Morgan fingerprint density at radius 2 is 0.649 bits per heavy atom. The highest BCUT2D eigenvalue weighted by Crippen LogP contribution is 2.61. The molecule has 0 amide bonds. The van der Waals surface area contributed by atoms with Crippen LogP contribution in [-0.2, 0) is 46.2 Å². The van der Waals surface area contributed by atoms with E-state index in [0.29, 0.717) is 12.8 Å². The summed E-state index contributed by atoms with van der Waals surface area (Å²) in [5.41, 5.74) is 15.1. The van der Waals surface area contributed by atoms with Gasteiger partial charge in [-0.3, -0.25) is 9.05 Å². The topological polar surface area (TPSA) is 380 Å². The van der Waals surface area contributed by atoms with Crippen molar-refractivity contribution in [2.75, 3.05) is 13.2 Å². The summed E-state index contributed by atoms with van der Waals surface area (Å²) in [7, 11) is -11.0. The molecular formula is C73H128N2O20P2. The zero-order chi connectivity index (χ0) is 71.0. The van der Waals surface area contributed by atoms with Crippen LogP contribution < -0.4 is 12.3 Å². The molecule has 0 saturated carbocycles. The van der Waals surface area contributed by atoms with Crippen LogP contribution in [0.15, 0.2) is 128 Å². The van der Waals surface area contributed by atoms with E-state index in [1.807, 2.05) is 0 Å². The van der Waals surface area contributed by atoms with Gasteiger partial charge in [0.15, 0.2) is 18.9 Å². The molecule has 24 heteroatoms. The third kappa shape index (κ3) is 36.5. The highest BCUT2D eigenvalue weighted by atomic mass is 31.3. The minimum atomic E-state index is -5.66. The van der Waals surface area contributed by atoms with E-state index in [1.165, 1.54) is 75.7 Å². The normalized spacial score (nSPS) is 29.2. The number of allylic oxidation sites excluding steroid dienone is 21. The predicted molar refractivity (Wildman–Crippen MR) is 383 cm³/mol. The monoisotopic (exact) mass is 1410 g/mol. The van der Waals surface area contributed by atoms with Gasteiger partial charge in [0.05, 0.1) is 25.4 Å². The summed E-state index contributed by atoms with van der Waals surface area (Å²) in [6, 6.07) is 0. The van der Waals surface area contributed by atoms with E-state index in [2.05, 4.69) is 141 Å². The average molecular weight is 1420 g/mol. The number of hydrogen-bond donors (Lipinski definition) is 12. The standard InChI is InChI=1S/C73H122O20P2.2H3N/c1-48(2)25-15-26-49(3)27-16-28-50(4)29-17-30-51(5)31-18-32-52(6)33-19-34-53(7)35-20-36-54(8)37-21-38-55(9)39-22-40-56(10)41-23-42-57(11)43-24-44-58(12)45-46-86-94(82,83)93-95(84,85)92-73-68(81)70(64(77)61(47-74)89-73)91-72-67(80)69(63(76)60(14)88-72)90-71-66(79)65(78)62(75)59(13)87-71;;/h25,27,29,31,33,35,37,39,41,43,45,59-81H,15-24,26,28,30,32,34,36,38,40,42,44,46-47H2,1-14H3,(H,82,83)(H,84,85);2*1H3/b49-27+,50-29+,51-31+,52-33-,53-35-,54-37-,55-39-,56-41-,57-43-,58-45-;;/t59-,60-,61+,62-,63-,64-,65+,66+,67+,68+,69+,70-,71-,72-,73+;;/m0../s1. The third-order valence-electron chi connectivity index (χ3n) is 17.5. The van der Waals surface area contributed by atoms with Crippen LogP contribution in [0, 0.1) is 0 Å². The molecule has 0 aromatic carbocycles. The Morgan fingerprint density at radius 3 is 0.979 bits per heavy atom. The second-order valence-electron chi connectivity index (χ2n) is 26.9. The van der Waals surface area contributed by atoms with Gasteiger partial charge >= 0.3 is 15.6 Å². The second-order valence-corrected chi connectivity index (χ2v) is 29.9. The van der Waals surface area contributed by atoms with Crippen LogP contribution >= 0.6 is 15.6 Å². The zero-order valence-corrected chi connectivity index (χ0v) is 62.7. The number of ether oxygens (including phenoxy) is 5. The highest BCUT2D eigenvalue weighted by molar-refractivity contribution is 7.61. The fourth-order valence-corrected chi connectivity index (χ4v) is 13.2. The van der Waals surface area contributed by atoms with E-state index in [4.69, 9.17) is 32.7 Å². The summed E-state index contributed by atoms with van der Waals surface area (Å²) < 4.78 is 67.8. The lowest BCUT2D eigenvalue weighted by atomic mass is 9.96. The molecule has 97 heavy (non-hydrogen) atoms. The molecule has 0 aliphatic carbocycles. The summed E-state index contributed by atoms with van der Waals surface area (Å²) in [6.45, 7) is 27.5. The van der Waals surface area contributed by atoms with Crippen molar-refractivity contribution in [2.45, 2.75) is 317 Å². The van der Waals surface area contributed by atoms with Crippen LogP contribution in [0.4, 0.5) is 0 Å². The Hall–Kier alpha value is -3.20. The predicted octanol–water partition coefficient (Wildman–Crippen LogP) is 14.3. The molecule has 22 nitrogen and oxygen atoms in total. The minimum absolute atomic E-state index is 0. The van der Waals surface area contributed by atoms with E-state index in [1.54, 1.807) is 6.92 Å². The van der Waals surface area contributed by atoms with Crippen molar-refractivity contribution in [1.82, 2.24) is 12.3 Å². The van der Waals surface area contributed by atoms with Crippen LogP contribution in [0.2, 0.25) is 0 Å². The molecule has 3 heterocycles. The first-order valence-electron chi connectivity index (χ1n) is 34.3. The molecule has 2 unspecified atom stereocenters. The number of hydrogen-bond acceptors (Lipinski definition) is 20. The first-order valence-corrected chi connectivity index (χ1v) is 37.3. The van der Waals surface area contributed by atoms with Gasteiger partial charge in [-0.2, -0.15) is 4.31 Å². The molecule has 3 rings (SSSR count). The maximum absolute atomic E-state index is 13.1. The molecule has 0 aromatic heterocycles. The molecule has 560 valence electrons. The lowest BCUT2D eigenvalue weighted by Crippen LogP contribution is -2.66. The third-order valence-corrected chi connectivity index (χ3v) is 20.1. The maximum atomic E-state index is 13.1. The molecule has 0 aromatic rings. The van der Waals surface area contributed by atoms with Gasteiger partial charge in [-0.15, -0.1) is 0 Å². The molecule has 3 saturated heterocycles. The van der Waals surface area contributed by atoms with Gasteiger partial charge in [-0.05, 0) is 225 Å². The largest absolute Gasteiger partial charge is 0.483 e. The Bertz CT molecular complexity index is 2770. The second kappa shape index (κ2) is 47.9. The van der Waals surface area contributed by atoms with E-state index in [0.717, 1.165) is 121 Å². The van der Waals surface area contributed by atoms with Crippen LogP contribution in [0.3, 0.4) is 0 Å². The lowest BCUT2D eigenvalue weighted by molar-refractivity contribution is -0.373. The van der Waals surface area contributed by atoms with Crippen LogP contribution in [0.5, 0.6) is 0 Å².